The maximum absolute atomic E-state index is 12.6. The minimum atomic E-state index is -0.441. The minimum Gasteiger partial charge on any atom is -0.297 e. The molecule has 2 heterocycles. The number of hydrogen-bond acceptors (Lipinski definition) is 4. The molecule has 0 aromatic carbocycles. The van der Waals surface area contributed by atoms with Gasteiger partial charge in [-0.25, -0.2) is 9.78 Å². The Morgan fingerprint density at radius 2 is 2.14 bits per heavy atom. The molecule has 1 fully saturated rings. The Morgan fingerprint density at radius 1 is 1.38 bits per heavy atom. The van der Waals surface area contributed by atoms with Crippen LogP contribution in [0.5, 0.6) is 0 Å². The fraction of sp³-hybridized carbons (Fsp3) is 0.500. The van der Waals surface area contributed by atoms with E-state index in [1.165, 1.54) is 15.9 Å². The number of aromatic amines is 1. The van der Waals surface area contributed by atoms with Crippen LogP contribution in [-0.2, 0) is 13.0 Å². The molecule has 21 heavy (non-hydrogen) atoms. The lowest BCUT2D eigenvalue weighted by molar-refractivity contribution is 0.598. The van der Waals surface area contributed by atoms with Crippen LogP contribution in [0.4, 0.5) is 0 Å². The Labute approximate surface area is 130 Å². The molecule has 1 aliphatic carbocycles. The molecule has 112 valence electrons. The maximum Gasteiger partial charge on any atom is 0.329 e. The molecule has 0 bridgehead atoms. The predicted octanol–water partition coefficient (Wildman–Crippen LogP) is 2.55. The molecule has 5 nitrogen and oxygen atoms in total. The van der Waals surface area contributed by atoms with E-state index < -0.39 is 5.69 Å². The van der Waals surface area contributed by atoms with Crippen LogP contribution in [0.1, 0.15) is 42.2 Å². The van der Waals surface area contributed by atoms with Crippen molar-refractivity contribution >= 4 is 22.9 Å². The Bertz CT molecular complexity index is 730. The lowest BCUT2D eigenvalue weighted by Crippen LogP contribution is -2.38. The van der Waals surface area contributed by atoms with E-state index in [2.05, 4.69) is 9.97 Å². The van der Waals surface area contributed by atoms with Gasteiger partial charge < -0.3 is 0 Å². The van der Waals surface area contributed by atoms with Crippen molar-refractivity contribution in [2.45, 2.75) is 44.6 Å². The predicted molar refractivity (Wildman–Crippen MR) is 83.4 cm³/mol. The van der Waals surface area contributed by atoms with Gasteiger partial charge in [-0.1, -0.05) is 24.4 Å². The van der Waals surface area contributed by atoms with Gasteiger partial charge >= 0.3 is 5.69 Å². The van der Waals surface area contributed by atoms with Crippen LogP contribution in [0, 0.1) is 0 Å². The summed E-state index contributed by atoms with van der Waals surface area (Å²) in [5, 5.41) is 3.01. The quantitative estimate of drug-likeness (QED) is 0.878. The maximum atomic E-state index is 12.6. The van der Waals surface area contributed by atoms with Gasteiger partial charge in [-0.05, 0) is 18.8 Å². The van der Waals surface area contributed by atoms with Gasteiger partial charge in [-0.15, -0.1) is 11.3 Å². The molecule has 0 atom stereocenters. The van der Waals surface area contributed by atoms with Crippen LogP contribution in [0.15, 0.2) is 21.2 Å². The number of rotatable bonds is 4. The van der Waals surface area contributed by atoms with Gasteiger partial charge in [-0.3, -0.25) is 14.3 Å². The van der Waals surface area contributed by atoms with Gasteiger partial charge in [-0.2, -0.15) is 0 Å². The van der Waals surface area contributed by atoms with Gasteiger partial charge in [0.15, 0.2) is 0 Å². The van der Waals surface area contributed by atoms with Crippen molar-refractivity contribution in [2.24, 2.45) is 0 Å². The highest BCUT2D eigenvalue weighted by Gasteiger charge is 2.24. The first-order valence-electron chi connectivity index (χ1n) is 7.07. The van der Waals surface area contributed by atoms with Crippen molar-refractivity contribution in [3.63, 3.8) is 0 Å². The van der Waals surface area contributed by atoms with Crippen molar-refractivity contribution in [3.05, 3.63) is 48.1 Å². The average Bonchev–Trinajstić information content (AvgIpc) is 3.10. The second-order valence-electron chi connectivity index (χ2n) is 5.27. The number of aromatic nitrogens is 3. The van der Waals surface area contributed by atoms with Crippen LogP contribution in [0.25, 0.3) is 0 Å². The third-order valence-electron chi connectivity index (χ3n) is 3.97. The van der Waals surface area contributed by atoms with Gasteiger partial charge in [0.2, 0.25) is 0 Å². The van der Waals surface area contributed by atoms with Crippen molar-refractivity contribution in [3.8, 4) is 0 Å². The van der Waals surface area contributed by atoms with Crippen LogP contribution >= 0.6 is 22.9 Å². The zero-order valence-electron chi connectivity index (χ0n) is 11.5. The third kappa shape index (κ3) is 2.96. The fourth-order valence-corrected chi connectivity index (χ4v) is 3.84. The normalized spacial score (nSPS) is 15.7. The van der Waals surface area contributed by atoms with Gasteiger partial charge in [0, 0.05) is 24.5 Å². The first-order valence-corrected chi connectivity index (χ1v) is 8.33. The van der Waals surface area contributed by atoms with Crippen molar-refractivity contribution < 1.29 is 0 Å². The van der Waals surface area contributed by atoms with Crippen molar-refractivity contribution in [2.75, 3.05) is 0 Å². The number of halogens is 1. The summed E-state index contributed by atoms with van der Waals surface area (Å²) in [5.41, 5.74) is -0.108. The van der Waals surface area contributed by atoms with E-state index in [0.29, 0.717) is 18.5 Å². The Balaban J connectivity index is 1.94. The fourth-order valence-electron chi connectivity index (χ4n) is 2.92. The summed E-state index contributed by atoms with van der Waals surface area (Å²) in [4.78, 5) is 31.4. The van der Waals surface area contributed by atoms with E-state index >= 15 is 0 Å². The molecule has 7 heteroatoms. The molecule has 3 rings (SSSR count). The summed E-state index contributed by atoms with van der Waals surface area (Å²) in [7, 11) is 0. The summed E-state index contributed by atoms with van der Waals surface area (Å²) in [6, 6.07) is 0. The van der Waals surface area contributed by atoms with E-state index in [1.807, 2.05) is 5.38 Å². The van der Waals surface area contributed by atoms with E-state index in [-0.39, 0.29) is 16.6 Å². The molecular formula is C14H16ClN3O2S. The zero-order valence-corrected chi connectivity index (χ0v) is 13.0. The van der Waals surface area contributed by atoms with Crippen LogP contribution in [0.2, 0.25) is 5.15 Å². The average molecular weight is 326 g/mol. The van der Waals surface area contributed by atoms with Crippen LogP contribution in [-0.4, -0.2) is 14.5 Å². The number of nitrogens with zero attached hydrogens (tertiary/aromatic N) is 2. The van der Waals surface area contributed by atoms with Crippen molar-refractivity contribution in [1.82, 2.24) is 14.5 Å². The summed E-state index contributed by atoms with van der Waals surface area (Å²) in [6.45, 7) is 0.332. The van der Waals surface area contributed by atoms with E-state index in [1.54, 1.807) is 6.20 Å². The first-order chi connectivity index (χ1) is 10.2. The monoisotopic (exact) mass is 325 g/mol. The highest BCUT2D eigenvalue weighted by atomic mass is 35.5. The number of H-pyrrole nitrogens is 1. The van der Waals surface area contributed by atoms with E-state index in [9.17, 15) is 9.59 Å². The molecule has 1 saturated carbocycles. The summed E-state index contributed by atoms with van der Waals surface area (Å²) >= 11 is 7.63. The molecule has 1 aliphatic rings. The van der Waals surface area contributed by atoms with Gasteiger partial charge in [0.25, 0.3) is 5.56 Å². The highest BCUT2D eigenvalue weighted by molar-refractivity contribution is 7.09. The molecular weight excluding hydrogens is 310 g/mol. The van der Waals surface area contributed by atoms with E-state index in [0.717, 1.165) is 30.7 Å². The highest BCUT2D eigenvalue weighted by Crippen LogP contribution is 2.34. The molecule has 0 spiro atoms. The Morgan fingerprint density at radius 3 is 2.81 bits per heavy atom. The van der Waals surface area contributed by atoms with Crippen molar-refractivity contribution in [1.29, 1.82) is 0 Å². The second kappa shape index (κ2) is 6.15. The number of nitrogens with one attached hydrogen (secondary N) is 1. The zero-order chi connectivity index (χ0) is 14.8. The lowest BCUT2D eigenvalue weighted by Gasteiger charge is -2.13. The Kier molecular flexibility index (Phi) is 4.26. The molecule has 1 N–H and O–H groups in total. The largest absolute Gasteiger partial charge is 0.329 e. The minimum absolute atomic E-state index is 0.174. The van der Waals surface area contributed by atoms with Gasteiger partial charge in [0.1, 0.15) is 5.15 Å². The Hall–Kier alpha value is -1.40. The summed E-state index contributed by atoms with van der Waals surface area (Å²) in [5.74, 6) is 0.174. The third-order valence-corrected chi connectivity index (χ3v) is 5.11. The molecule has 0 amide bonds. The molecule has 2 aromatic heterocycles. The summed E-state index contributed by atoms with van der Waals surface area (Å²) < 4.78 is 1.25. The molecule has 0 aliphatic heterocycles. The topological polar surface area (TPSA) is 67.8 Å². The number of thiazole rings is 1. The SMILES string of the molecule is O=c1[nH]c(Cl)c(C2CCCC2)c(=O)n1CCc1nccs1. The van der Waals surface area contributed by atoms with E-state index in [4.69, 9.17) is 11.6 Å². The number of aryl methyl sites for hydroxylation is 1. The smallest absolute Gasteiger partial charge is 0.297 e. The molecule has 0 radical (unpaired) electrons. The van der Waals surface area contributed by atoms with Gasteiger partial charge in [0.05, 0.1) is 10.6 Å². The molecule has 0 saturated heterocycles. The van der Waals surface area contributed by atoms with Crippen LogP contribution < -0.4 is 11.2 Å². The second-order valence-corrected chi connectivity index (χ2v) is 6.63. The number of hydrogen-bond donors (Lipinski definition) is 1. The molecule has 0 unspecified atom stereocenters. The standard InChI is InChI=1S/C14H16ClN3O2S/c15-12-11(9-3-1-2-4-9)13(19)18(14(20)17-12)7-5-10-16-6-8-21-10/h6,8-9H,1-5,7H2,(H,17,20). The summed E-state index contributed by atoms with van der Waals surface area (Å²) in [6.07, 6.45) is 6.45. The first kappa shape index (κ1) is 14.5. The lowest BCUT2D eigenvalue weighted by atomic mass is 10.0. The van der Waals surface area contributed by atoms with Crippen LogP contribution in [0.3, 0.4) is 0 Å². The molecule has 2 aromatic rings.